The van der Waals surface area contributed by atoms with E-state index in [1.54, 1.807) is 6.07 Å². The van der Waals surface area contributed by atoms with Gasteiger partial charge in [0.15, 0.2) is 0 Å². The number of benzene rings is 1. The molecule has 84 valence electrons. The van der Waals surface area contributed by atoms with E-state index < -0.39 is 5.97 Å². The molecule has 0 radical (unpaired) electrons. The summed E-state index contributed by atoms with van der Waals surface area (Å²) in [6.07, 6.45) is 0.580. The number of nitriles is 1. The molecular weight excluding hydrogens is 226 g/mol. The molecule has 1 aromatic carbocycles. The third-order valence-corrected chi connectivity index (χ3v) is 2.75. The van der Waals surface area contributed by atoms with Crippen molar-refractivity contribution in [2.75, 3.05) is 0 Å². The van der Waals surface area contributed by atoms with E-state index in [0.29, 0.717) is 23.1 Å². The molecule has 0 saturated heterocycles. The second-order valence-electron chi connectivity index (χ2n) is 3.41. The predicted molar refractivity (Wildman–Crippen MR) is 61.4 cm³/mol. The minimum atomic E-state index is -0.932. The van der Waals surface area contributed by atoms with Crippen molar-refractivity contribution in [1.82, 2.24) is 0 Å². The zero-order valence-electron chi connectivity index (χ0n) is 8.96. The standard InChI is InChI=1S/C12H12ClNO2/c1-2-8-3-4-9(6-13)11(7-14)10(8)5-12(15)16/h3-4H,2,5-6H2,1H3,(H,15,16). The van der Waals surface area contributed by atoms with Crippen molar-refractivity contribution in [2.45, 2.75) is 25.6 Å². The van der Waals surface area contributed by atoms with Crippen molar-refractivity contribution in [3.8, 4) is 6.07 Å². The highest BCUT2D eigenvalue weighted by atomic mass is 35.5. The van der Waals surface area contributed by atoms with Gasteiger partial charge in [0, 0.05) is 5.88 Å². The SMILES string of the molecule is CCc1ccc(CCl)c(C#N)c1CC(=O)O. The van der Waals surface area contributed by atoms with Gasteiger partial charge in [-0.2, -0.15) is 5.26 Å². The van der Waals surface area contributed by atoms with Crippen LogP contribution in [0, 0.1) is 11.3 Å². The third-order valence-electron chi connectivity index (χ3n) is 2.46. The number of halogens is 1. The molecule has 1 rings (SSSR count). The van der Waals surface area contributed by atoms with Crippen LogP contribution in [0.25, 0.3) is 0 Å². The van der Waals surface area contributed by atoms with Crippen LogP contribution in [0.4, 0.5) is 0 Å². The molecule has 0 amide bonds. The number of hydrogen-bond donors (Lipinski definition) is 1. The lowest BCUT2D eigenvalue weighted by molar-refractivity contribution is -0.136. The quantitative estimate of drug-likeness (QED) is 0.819. The molecule has 0 aliphatic heterocycles. The van der Waals surface area contributed by atoms with E-state index in [1.807, 2.05) is 19.1 Å². The fraction of sp³-hybridized carbons (Fsp3) is 0.333. The first kappa shape index (κ1) is 12.5. The van der Waals surface area contributed by atoms with Crippen molar-refractivity contribution >= 4 is 17.6 Å². The lowest BCUT2D eigenvalue weighted by atomic mass is 9.94. The number of carboxylic acid groups (broad SMARTS) is 1. The summed E-state index contributed by atoms with van der Waals surface area (Å²) in [6.45, 7) is 1.93. The highest BCUT2D eigenvalue weighted by Crippen LogP contribution is 2.21. The summed E-state index contributed by atoms with van der Waals surface area (Å²) in [7, 11) is 0. The molecule has 0 atom stereocenters. The molecular formula is C12H12ClNO2. The average Bonchev–Trinajstić information content (AvgIpc) is 2.27. The summed E-state index contributed by atoms with van der Waals surface area (Å²) in [5, 5.41) is 17.9. The van der Waals surface area contributed by atoms with Crippen LogP contribution < -0.4 is 0 Å². The van der Waals surface area contributed by atoms with Crippen molar-refractivity contribution in [3.05, 3.63) is 34.4 Å². The molecule has 0 unspecified atom stereocenters. The van der Waals surface area contributed by atoms with Crippen LogP contribution in [0.1, 0.15) is 29.2 Å². The maximum absolute atomic E-state index is 10.8. The van der Waals surface area contributed by atoms with Crippen LogP contribution in [-0.4, -0.2) is 11.1 Å². The Bertz CT molecular complexity index is 449. The smallest absolute Gasteiger partial charge is 0.307 e. The van der Waals surface area contributed by atoms with Gasteiger partial charge in [0.2, 0.25) is 0 Å². The fourth-order valence-electron chi connectivity index (χ4n) is 1.67. The van der Waals surface area contributed by atoms with Crippen LogP contribution in [0.15, 0.2) is 12.1 Å². The maximum Gasteiger partial charge on any atom is 0.307 e. The van der Waals surface area contributed by atoms with Crippen LogP contribution in [-0.2, 0) is 23.5 Å². The van der Waals surface area contributed by atoms with Gasteiger partial charge in [-0.15, -0.1) is 11.6 Å². The third kappa shape index (κ3) is 2.53. The lowest BCUT2D eigenvalue weighted by Crippen LogP contribution is -2.07. The Morgan fingerprint density at radius 2 is 2.12 bits per heavy atom. The predicted octanol–water partition coefficient (Wildman–Crippen LogP) is 2.49. The van der Waals surface area contributed by atoms with Gasteiger partial charge in [-0.1, -0.05) is 19.1 Å². The van der Waals surface area contributed by atoms with Crippen molar-refractivity contribution in [1.29, 1.82) is 5.26 Å². The van der Waals surface area contributed by atoms with Gasteiger partial charge in [0.05, 0.1) is 18.1 Å². The molecule has 0 fully saturated rings. The first-order valence-corrected chi connectivity index (χ1v) is 5.49. The van der Waals surface area contributed by atoms with E-state index in [0.717, 1.165) is 5.56 Å². The van der Waals surface area contributed by atoms with Gasteiger partial charge in [-0.3, -0.25) is 4.79 Å². The molecule has 0 bridgehead atoms. The van der Waals surface area contributed by atoms with Gasteiger partial charge < -0.3 is 5.11 Å². The molecule has 16 heavy (non-hydrogen) atoms. The summed E-state index contributed by atoms with van der Waals surface area (Å²) in [5.41, 5.74) is 2.60. The molecule has 0 aliphatic carbocycles. The van der Waals surface area contributed by atoms with Crippen LogP contribution in [0.5, 0.6) is 0 Å². The molecule has 0 heterocycles. The first-order valence-electron chi connectivity index (χ1n) is 4.95. The zero-order chi connectivity index (χ0) is 12.1. The number of aliphatic carboxylic acids is 1. The summed E-state index contributed by atoms with van der Waals surface area (Å²) in [4.78, 5) is 10.8. The normalized spacial score (nSPS) is 9.81. The lowest BCUT2D eigenvalue weighted by Gasteiger charge is -2.10. The highest BCUT2D eigenvalue weighted by Gasteiger charge is 2.14. The largest absolute Gasteiger partial charge is 0.481 e. The number of rotatable bonds is 4. The highest BCUT2D eigenvalue weighted by molar-refractivity contribution is 6.17. The molecule has 0 saturated carbocycles. The van der Waals surface area contributed by atoms with Crippen molar-refractivity contribution < 1.29 is 9.90 Å². The van der Waals surface area contributed by atoms with Crippen LogP contribution in [0.2, 0.25) is 0 Å². The van der Waals surface area contributed by atoms with Gasteiger partial charge in [0.1, 0.15) is 0 Å². The number of aryl methyl sites for hydroxylation is 1. The van der Waals surface area contributed by atoms with E-state index in [9.17, 15) is 4.79 Å². The monoisotopic (exact) mass is 237 g/mol. The summed E-state index contributed by atoms with van der Waals surface area (Å²) in [5.74, 6) is -0.711. The Morgan fingerprint density at radius 1 is 1.50 bits per heavy atom. The Hall–Kier alpha value is -1.53. The topological polar surface area (TPSA) is 61.1 Å². The van der Waals surface area contributed by atoms with Crippen LogP contribution in [0.3, 0.4) is 0 Å². The van der Waals surface area contributed by atoms with Crippen LogP contribution >= 0.6 is 11.6 Å². The van der Waals surface area contributed by atoms with Gasteiger partial charge >= 0.3 is 5.97 Å². The minimum Gasteiger partial charge on any atom is -0.481 e. The molecule has 0 aliphatic rings. The number of hydrogen-bond acceptors (Lipinski definition) is 2. The molecule has 1 aromatic rings. The number of carboxylic acids is 1. The first-order chi connectivity index (χ1) is 7.63. The summed E-state index contributed by atoms with van der Waals surface area (Å²) in [6, 6.07) is 5.68. The van der Waals surface area contributed by atoms with E-state index in [1.165, 1.54) is 0 Å². The Morgan fingerprint density at radius 3 is 2.56 bits per heavy atom. The Labute approximate surface area is 99.3 Å². The molecule has 0 spiro atoms. The molecule has 1 N–H and O–H groups in total. The molecule has 0 aromatic heterocycles. The second-order valence-corrected chi connectivity index (χ2v) is 3.67. The Balaban J connectivity index is 3.38. The zero-order valence-corrected chi connectivity index (χ0v) is 9.71. The number of alkyl halides is 1. The number of nitrogens with zero attached hydrogens (tertiary/aromatic N) is 1. The second kappa shape index (κ2) is 5.53. The van der Waals surface area contributed by atoms with Crippen molar-refractivity contribution in [3.63, 3.8) is 0 Å². The van der Waals surface area contributed by atoms with E-state index >= 15 is 0 Å². The maximum atomic E-state index is 10.8. The average molecular weight is 238 g/mol. The Kier molecular flexibility index (Phi) is 4.33. The van der Waals surface area contributed by atoms with E-state index in [-0.39, 0.29) is 12.3 Å². The molecule has 4 heteroatoms. The van der Waals surface area contributed by atoms with Crippen molar-refractivity contribution in [2.24, 2.45) is 0 Å². The summed E-state index contributed by atoms with van der Waals surface area (Å²) < 4.78 is 0. The molecule has 3 nitrogen and oxygen atoms in total. The minimum absolute atomic E-state index is 0.128. The van der Waals surface area contributed by atoms with E-state index in [4.69, 9.17) is 22.0 Å². The number of carbonyl (C=O) groups is 1. The summed E-state index contributed by atoms with van der Waals surface area (Å²) >= 11 is 5.72. The fourth-order valence-corrected chi connectivity index (χ4v) is 1.90. The van der Waals surface area contributed by atoms with Gasteiger partial charge in [-0.25, -0.2) is 0 Å². The van der Waals surface area contributed by atoms with Gasteiger partial charge in [-0.05, 0) is 23.1 Å². The van der Waals surface area contributed by atoms with Gasteiger partial charge in [0.25, 0.3) is 0 Å². The van der Waals surface area contributed by atoms with E-state index in [2.05, 4.69) is 0 Å².